The Balaban J connectivity index is 3.06. The smallest absolute Gasteiger partial charge is 0.245 e. The number of rotatable bonds is 11. The molecule has 0 bridgehead atoms. The van der Waals surface area contributed by atoms with Crippen LogP contribution in [0, 0.1) is 0 Å². The second kappa shape index (κ2) is 11.8. The molecule has 0 aromatic carbocycles. The van der Waals surface area contributed by atoms with Gasteiger partial charge in [0.1, 0.15) is 6.61 Å². The molecule has 0 aliphatic heterocycles. The fourth-order valence-electron chi connectivity index (χ4n) is 1.32. The molecular formula is C12H26N2O3. The van der Waals surface area contributed by atoms with E-state index < -0.39 is 0 Å². The maximum atomic E-state index is 11.0. The summed E-state index contributed by atoms with van der Waals surface area (Å²) < 4.78 is 10.2. The van der Waals surface area contributed by atoms with Crippen molar-refractivity contribution in [3.8, 4) is 0 Å². The van der Waals surface area contributed by atoms with Crippen LogP contribution in [0.25, 0.3) is 0 Å². The Morgan fingerprint density at radius 2 is 1.88 bits per heavy atom. The molecule has 0 aliphatic rings. The summed E-state index contributed by atoms with van der Waals surface area (Å²) in [5, 5.41) is 2.75. The number of carbonyl (C=O) groups excluding carboxylic acids is 1. The molecule has 0 unspecified atom stereocenters. The minimum atomic E-state index is -0.0708. The minimum absolute atomic E-state index is 0.0708. The average Bonchev–Trinajstić information content (AvgIpc) is 2.27. The van der Waals surface area contributed by atoms with E-state index in [9.17, 15) is 4.79 Å². The van der Waals surface area contributed by atoms with Crippen LogP contribution in [0.2, 0.25) is 0 Å². The van der Waals surface area contributed by atoms with Crippen molar-refractivity contribution in [2.24, 2.45) is 0 Å². The molecule has 0 saturated carbocycles. The van der Waals surface area contributed by atoms with Gasteiger partial charge in [0.05, 0.1) is 0 Å². The van der Waals surface area contributed by atoms with Crippen LogP contribution in [0.5, 0.6) is 0 Å². The number of methoxy groups -OCH3 is 1. The van der Waals surface area contributed by atoms with Crippen LogP contribution < -0.4 is 5.32 Å². The largest absolute Gasteiger partial charge is 0.381 e. The van der Waals surface area contributed by atoms with E-state index in [0.717, 1.165) is 32.4 Å². The van der Waals surface area contributed by atoms with Gasteiger partial charge < -0.3 is 19.7 Å². The van der Waals surface area contributed by atoms with Crippen molar-refractivity contribution < 1.29 is 14.3 Å². The van der Waals surface area contributed by atoms with Gasteiger partial charge in [0, 0.05) is 26.9 Å². The lowest BCUT2D eigenvalue weighted by atomic mass is 10.3. The van der Waals surface area contributed by atoms with E-state index in [1.807, 2.05) is 0 Å². The predicted molar refractivity (Wildman–Crippen MR) is 68.1 cm³/mol. The molecule has 0 atom stereocenters. The SMILES string of the molecule is COCC(=O)NCCCOCCCCN(C)C. The van der Waals surface area contributed by atoms with Gasteiger partial charge in [-0.3, -0.25) is 4.79 Å². The zero-order chi connectivity index (χ0) is 12.9. The summed E-state index contributed by atoms with van der Waals surface area (Å²) in [6, 6.07) is 0. The van der Waals surface area contributed by atoms with E-state index >= 15 is 0 Å². The van der Waals surface area contributed by atoms with Crippen LogP contribution in [-0.4, -0.2) is 64.9 Å². The summed E-state index contributed by atoms with van der Waals surface area (Å²) in [6.07, 6.45) is 3.11. The molecule has 0 heterocycles. The molecule has 0 aliphatic carbocycles. The van der Waals surface area contributed by atoms with E-state index in [1.165, 1.54) is 7.11 Å². The molecule has 0 rings (SSSR count). The van der Waals surface area contributed by atoms with Crippen molar-refractivity contribution in [3.05, 3.63) is 0 Å². The maximum Gasteiger partial charge on any atom is 0.245 e. The topological polar surface area (TPSA) is 50.8 Å². The first-order valence-corrected chi connectivity index (χ1v) is 6.15. The highest BCUT2D eigenvalue weighted by Gasteiger charge is 1.98. The highest BCUT2D eigenvalue weighted by Crippen LogP contribution is 1.92. The third kappa shape index (κ3) is 13.3. The van der Waals surface area contributed by atoms with Crippen molar-refractivity contribution in [2.75, 3.05) is 54.1 Å². The Hall–Kier alpha value is -0.650. The number of unbranched alkanes of at least 4 members (excludes halogenated alkanes) is 1. The number of hydrogen-bond donors (Lipinski definition) is 1. The molecule has 5 nitrogen and oxygen atoms in total. The fraction of sp³-hybridized carbons (Fsp3) is 0.917. The van der Waals surface area contributed by atoms with Gasteiger partial charge in [-0.15, -0.1) is 0 Å². The van der Waals surface area contributed by atoms with Gasteiger partial charge >= 0.3 is 0 Å². The minimum Gasteiger partial charge on any atom is -0.381 e. The van der Waals surface area contributed by atoms with Crippen molar-refractivity contribution in [1.29, 1.82) is 0 Å². The fourth-order valence-corrected chi connectivity index (χ4v) is 1.32. The van der Waals surface area contributed by atoms with Crippen molar-refractivity contribution >= 4 is 5.91 Å². The summed E-state index contributed by atoms with van der Waals surface area (Å²) in [4.78, 5) is 13.2. The first-order valence-electron chi connectivity index (χ1n) is 6.15. The van der Waals surface area contributed by atoms with E-state index in [1.54, 1.807) is 0 Å². The quantitative estimate of drug-likeness (QED) is 0.539. The van der Waals surface area contributed by atoms with Crippen LogP contribution in [0.3, 0.4) is 0 Å². The molecule has 0 spiro atoms. The van der Waals surface area contributed by atoms with Gasteiger partial charge in [0.15, 0.2) is 0 Å². The van der Waals surface area contributed by atoms with Crippen LogP contribution in [0.4, 0.5) is 0 Å². The second-order valence-electron chi connectivity index (χ2n) is 4.26. The molecule has 1 N–H and O–H groups in total. The Bertz CT molecular complexity index is 187. The van der Waals surface area contributed by atoms with E-state index in [4.69, 9.17) is 9.47 Å². The average molecular weight is 246 g/mol. The molecule has 0 radical (unpaired) electrons. The zero-order valence-corrected chi connectivity index (χ0v) is 11.3. The van der Waals surface area contributed by atoms with Crippen LogP contribution in [0.1, 0.15) is 19.3 Å². The van der Waals surface area contributed by atoms with Crippen molar-refractivity contribution in [3.63, 3.8) is 0 Å². The highest BCUT2D eigenvalue weighted by atomic mass is 16.5. The first-order chi connectivity index (χ1) is 8.16. The first kappa shape index (κ1) is 16.4. The molecule has 0 fully saturated rings. The van der Waals surface area contributed by atoms with Gasteiger partial charge in [0.25, 0.3) is 0 Å². The Morgan fingerprint density at radius 3 is 2.53 bits per heavy atom. The number of amides is 1. The predicted octanol–water partition coefficient (Wildman–Crippen LogP) is 0.498. The summed E-state index contributed by atoms with van der Waals surface area (Å²) >= 11 is 0. The molecule has 17 heavy (non-hydrogen) atoms. The van der Waals surface area contributed by atoms with Crippen LogP contribution in [0.15, 0.2) is 0 Å². The molecule has 5 heteroatoms. The van der Waals surface area contributed by atoms with Gasteiger partial charge in [-0.2, -0.15) is 0 Å². The second-order valence-corrected chi connectivity index (χ2v) is 4.26. The van der Waals surface area contributed by atoms with Gasteiger partial charge in [0.2, 0.25) is 5.91 Å². The Labute approximate surface area is 104 Å². The Kier molecular flexibility index (Phi) is 11.4. The van der Waals surface area contributed by atoms with E-state index in [2.05, 4.69) is 24.3 Å². The van der Waals surface area contributed by atoms with Gasteiger partial charge in [-0.25, -0.2) is 0 Å². The summed E-state index contributed by atoms with van der Waals surface area (Å²) in [5.74, 6) is -0.0708. The van der Waals surface area contributed by atoms with E-state index in [0.29, 0.717) is 13.2 Å². The molecule has 0 aromatic rings. The lowest BCUT2D eigenvalue weighted by Crippen LogP contribution is -2.28. The number of hydrogen-bond acceptors (Lipinski definition) is 4. The highest BCUT2D eigenvalue weighted by molar-refractivity contribution is 5.77. The van der Waals surface area contributed by atoms with Gasteiger partial charge in [-0.1, -0.05) is 0 Å². The van der Waals surface area contributed by atoms with Crippen molar-refractivity contribution in [2.45, 2.75) is 19.3 Å². The zero-order valence-electron chi connectivity index (χ0n) is 11.3. The van der Waals surface area contributed by atoms with Gasteiger partial charge in [-0.05, 0) is 39.9 Å². The summed E-state index contributed by atoms with van der Waals surface area (Å²) in [6.45, 7) is 3.40. The standard InChI is InChI=1S/C12H26N2O3/c1-14(2)8-4-5-9-17-10-6-7-13-12(15)11-16-3/h4-11H2,1-3H3,(H,13,15). The molecular weight excluding hydrogens is 220 g/mol. The lowest BCUT2D eigenvalue weighted by Gasteiger charge is -2.09. The summed E-state index contributed by atoms with van der Waals surface area (Å²) in [5.41, 5.74) is 0. The summed E-state index contributed by atoms with van der Waals surface area (Å²) in [7, 11) is 5.66. The number of nitrogens with one attached hydrogen (secondary N) is 1. The van der Waals surface area contributed by atoms with Crippen LogP contribution in [-0.2, 0) is 14.3 Å². The molecule has 0 saturated heterocycles. The third-order valence-electron chi connectivity index (χ3n) is 2.21. The number of carbonyl (C=O) groups is 1. The number of nitrogens with zero attached hydrogens (tertiary/aromatic N) is 1. The van der Waals surface area contributed by atoms with Crippen molar-refractivity contribution in [1.82, 2.24) is 10.2 Å². The van der Waals surface area contributed by atoms with E-state index in [-0.39, 0.29) is 12.5 Å². The lowest BCUT2D eigenvalue weighted by molar-refractivity contribution is -0.124. The Morgan fingerprint density at radius 1 is 1.18 bits per heavy atom. The van der Waals surface area contributed by atoms with Crippen LogP contribution >= 0.6 is 0 Å². The number of ether oxygens (including phenoxy) is 2. The monoisotopic (exact) mass is 246 g/mol. The molecule has 1 amide bonds. The maximum absolute atomic E-state index is 11.0. The normalized spacial score (nSPS) is 10.8. The molecule has 0 aromatic heterocycles. The third-order valence-corrected chi connectivity index (χ3v) is 2.21. The molecule has 102 valence electrons.